The van der Waals surface area contributed by atoms with Crippen molar-refractivity contribution >= 4 is 33.9 Å². The molecule has 2 aliphatic rings. The first-order chi connectivity index (χ1) is 20.9. The van der Waals surface area contributed by atoms with E-state index in [0.29, 0.717) is 21.3 Å². The van der Waals surface area contributed by atoms with Crippen LogP contribution in [0.4, 0.5) is 21.3 Å². The van der Waals surface area contributed by atoms with Gasteiger partial charge in [-0.05, 0) is 68.1 Å². The summed E-state index contributed by atoms with van der Waals surface area (Å²) in [7, 11) is 4.12. The zero-order chi connectivity index (χ0) is 29.7. The Balaban J connectivity index is 1.14. The predicted molar refractivity (Wildman–Crippen MR) is 167 cm³/mol. The molecule has 6 heterocycles. The molecule has 0 unspecified atom stereocenters. The third kappa shape index (κ3) is 5.11. The van der Waals surface area contributed by atoms with E-state index in [2.05, 4.69) is 40.4 Å². The molecular formula is C32H32FN9S. The molecular weight excluding hydrogens is 561 g/mol. The lowest BCUT2D eigenvalue weighted by Gasteiger charge is -2.44. The zero-order valence-electron chi connectivity index (χ0n) is 24.4. The van der Waals surface area contributed by atoms with E-state index in [4.69, 9.17) is 19.9 Å². The number of thiazole rings is 1. The van der Waals surface area contributed by atoms with Crippen LogP contribution in [0.15, 0.2) is 55.0 Å². The standard InChI is InChI=1S/C32H32FN9S/c1-4-26-30(40(3)32-38-29(27(12-34)43-32)22-5-8-25(33)9-6-22)42-19-23(7-10-28(42)37-26)24-13-35-31(36-14-24)41-17-21(18-41)11-20-15-39(2)16-20/h5-10,13-14,19-21H,4,11,15-18H2,1-3H3. The van der Waals surface area contributed by atoms with Gasteiger partial charge >= 0.3 is 0 Å². The van der Waals surface area contributed by atoms with E-state index in [-0.39, 0.29) is 5.82 Å². The summed E-state index contributed by atoms with van der Waals surface area (Å²) in [4.78, 5) is 26.2. The molecule has 0 radical (unpaired) electrons. The lowest BCUT2D eigenvalue weighted by atomic mass is 9.85. The fraction of sp³-hybridized carbons (Fsp3) is 0.344. The van der Waals surface area contributed by atoms with Crippen molar-refractivity contribution in [3.05, 3.63) is 71.4 Å². The first-order valence-electron chi connectivity index (χ1n) is 14.6. The van der Waals surface area contributed by atoms with Crippen molar-refractivity contribution in [2.24, 2.45) is 11.8 Å². The normalized spacial score (nSPS) is 15.8. The molecule has 2 fully saturated rings. The molecule has 9 nitrogen and oxygen atoms in total. The first-order valence-corrected chi connectivity index (χ1v) is 15.4. The lowest BCUT2D eigenvalue weighted by molar-refractivity contribution is 0.105. The predicted octanol–water partition coefficient (Wildman–Crippen LogP) is 5.64. The van der Waals surface area contributed by atoms with E-state index in [0.717, 1.165) is 65.6 Å². The van der Waals surface area contributed by atoms with Gasteiger partial charge in [0.2, 0.25) is 5.95 Å². The number of imidazole rings is 1. The molecule has 218 valence electrons. The molecule has 0 spiro atoms. The summed E-state index contributed by atoms with van der Waals surface area (Å²) >= 11 is 1.30. The minimum Gasteiger partial charge on any atom is -0.340 e. The highest BCUT2D eigenvalue weighted by Gasteiger charge is 2.34. The van der Waals surface area contributed by atoms with Crippen LogP contribution in [-0.4, -0.2) is 69.5 Å². The number of nitrogens with zero attached hydrogens (tertiary/aromatic N) is 9. The number of fused-ring (bicyclic) bond motifs is 1. The number of aryl methyl sites for hydroxylation is 1. The minimum atomic E-state index is -0.328. The number of anilines is 3. The Morgan fingerprint density at radius 3 is 2.35 bits per heavy atom. The van der Waals surface area contributed by atoms with Crippen molar-refractivity contribution in [2.75, 3.05) is 50.1 Å². The summed E-state index contributed by atoms with van der Waals surface area (Å²) in [6.07, 6.45) is 7.87. The molecule has 0 atom stereocenters. The van der Waals surface area contributed by atoms with Gasteiger partial charge in [0, 0.05) is 68.5 Å². The smallest absolute Gasteiger partial charge is 0.225 e. The highest BCUT2D eigenvalue weighted by molar-refractivity contribution is 7.16. The average Bonchev–Trinajstić information content (AvgIpc) is 3.59. The Hall–Kier alpha value is -4.40. The van der Waals surface area contributed by atoms with Gasteiger partial charge in [-0.1, -0.05) is 18.3 Å². The van der Waals surface area contributed by atoms with Crippen molar-refractivity contribution in [1.29, 1.82) is 5.26 Å². The molecule has 7 rings (SSSR count). The van der Waals surface area contributed by atoms with Gasteiger partial charge in [0.05, 0.1) is 5.69 Å². The largest absolute Gasteiger partial charge is 0.340 e. The van der Waals surface area contributed by atoms with Gasteiger partial charge in [-0.3, -0.25) is 4.40 Å². The van der Waals surface area contributed by atoms with E-state index < -0.39 is 0 Å². The van der Waals surface area contributed by atoms with Crippen molar-refractivity contribution in [3.8, 4) is 28.5 Å². The monoisotopic (exact) mass is 593 g/mol. The number of pyridine rings is 1. The first kappa shape index (κ1) is 27.4. The third-order valence-electron chi connectivity index (χ3n) is 8.46. The van der Waals surface area contributed by atoms with Crippen LogP contribution in [0, 0.1) is 29.0 Å². The highest BCUT2D eigenvalue weighted by Crippen LogP contribution is 2.37. The maximum absolute atomic E-state index is 13.5. The van der Waals surface area contributed by atoms with Crippen LogP contribution in [0.1, 0.15) is 23.9 Å². The molecule has 5 aromatic rings. The summed E-state index contributed by atoms with van der Waals surface area (Å²) in [6.45, 7) is 6.58. The quantitative estimate of drug-likeness (QED) is 0.228. The van der Waals surface area contributed by atoms with Crippen LogP contribution in [0.2, 0.25) is 0 Å². The van der Waals surface area contributed by atoms with Crippen LogP contribution < -0.4 is 9.80 Å². The van der Waals surface area contributed by atoms with E-state index in [1.807, 2.05) is 36.5 Å². The molecule has 0 N–H and O–H groups in total. The molecule has 0 amide bonds. The lowest BCUT2D eigenvalue weighted by Crippen LogP contribution is -2.52. The number of hydrogen-bond donors (Lipinski definition) is 0. The Bertz CT molecular complexity index is 1810. The van der Waals surface area contributed by atoms with Gasteiger partial charge in [0.15, 0.2) is 5.13 Å². The SMILES string of the molecule is CCc1nc2ccc(-c3cnc(N4CC(CC5CN(C)C5)C4)nc3)cn2c1N(C)c1nc(-c2ccc(F)cc2)c(C#N)s1. The number of aromatic nitrogens is 5. The minimum absolute atomic E-state index is 0.328. The fourth-order valence-corrected chi connectivity index (χ4v) is 7.08. The van der Waals surface area contributed by atoms with E-state index >= 15 is 0 Å². The van der Waals surface area contributed by atoms with Gasteiger partial charge in [0.1, 0.15) is 33.9 Å². The van der Waals surface area contributed by atoms with Crippen molar-refractivity contribution in [2.45, 2.75) is 19.8 Å². The number of nitriles is 1. The summed E-state index contributed by atoms with van der Waals surface area (Å²) < 4.78 is 15.6. The second-order valence-corrected chi connectivity index (χ2v) is 12.6. The van der Waals surface area contributed by atoms with Crippen LogP contribution in [0.5, 0.6) is 0 Å². The van der Waals surface area contributed by atoms with Crippen LogP contribution in [-0.2, 0) is 6.42 Å². The van der Waals surface area contributed by atoms with E-state index in [1.54, 1.807) is 12.1 Å². The maximum atomic E-state index is 13.5. The number of halogens is 1. The van der Waals surface area contributed by atoms with Crippen LogP contribution in [0.3, 0.4) is 0 Å². The van der Waals surface area contributed by atoms with Crippen molar-refractivity contribution in [1.82, 2.24) is 29.2 Å². The van der Waals surface area contributed by atoms with E-state index in [9.17, 15) is 9.65 Å². The van der Waals surface area contributed by atoms with Crippen molar-refractivity contribution < 1.29 is 4.39 Å². The zero-order valence-corrected chi connectivity index (χ0v) is 25.2. The highest BCUT2D eigenvalue weighted by atomic mass is 32.1. The molecule has 0 bridgehead atoms. The molecule has 0 aliphatic carbocycles. The molecule has 43 heavy (non-hydrogen) atoms. The molecule has 4 aromatic heterocycles. The summed E-state index contributed by atoms with van der Waals surface area (Å²) in [5.41, 5.74) is 4.90. The van der Waals surface area contributed by atoms with E-state index in [1.165, 1.54) is 43.0 Å². The Morgan fingerprint density at radius 1 is 0.977 bits per heavy atom. The van der Waals surface area contributed by atoms with Crippen LogP contribution in [0.25, 0.3) is 28.0 Å². The van der Waals surface area contributed by atoms with Crippen LogP contribution >= 0.6 is 11.3 Å². The topological polar surface area (TPSA) is 89.5 Å². The molecule has 2 saturated heterocycles. The summed E-state index contributed by atoms with van der Waals surface area (Å²) in [5, 5.41) is 10.5. The maximum Gasteiger partial charge on any atom is 0.225 e. The number of hydrogen-bond acceptors (Lipinski definition) is 9. The second-order valence-electron chi connectivity index (χ2n) is 11.6. The van der Waals surface area contributed by atoms with Gasteiger partial charge in [-0.15, -0.1) is 0 Å². The summed E-state index contributed by atoms with van der Waals surface area (Å²) in [5.74, 6) is 2.92. The average molecular weight is 594 g/mol. The van der Waals surface area contributed by atoms with Crippen molar-refractivity contribution in [3.63, 3.8) is 0 Å². The fourth-order valence-electron chi connectivity index (χ4n) is 6.23. The number of rotatable bonds is 8. The Labute approximate surface area is 253 Å². The Kier molecular flexibility index (Phi) is 7.03. The third-order valence-corrected chi connectivity index (χ3v) is 9.49. The molecule has 0 saturated carbocycles. The van der Waals surface area contributed by atoms with Gasteiger partial charge in [-0.25, -0.2) is 24.3 Å². The van der Waals surface area contributed by atoms with Gasteiger partial charge in [-0.2, -0.15) is 5.26 Å². The molecule has 2 aliphatic heterocycles. The number of likely N-dealkylation sites (tertiary alicyclic amines) is 1. The van der Waals surface area contributed by atoms with Gasteiger partial charge < -0.3 is 14.7 Å². The van der Waals surface area contributed by atoms with Gasteiger partial charge in [0.25, 0.3) is 0 Å². The molecule has 11 heteroatoms. The number of benzene rings is 1. The molecule has 1 aromatic carbocycles. The Morgan fingerprint density at radius 2 is 1.67 bits per heavy atom. The second kappa shape index (κ2) is 11.0. The summed E-state index contributed by atoms with van der Waals surface area (Å²) in [6, 6.07) is 12.4.